The van der Waals surface area contributed by atoms with Crippen molar-refractivity contribution in [3.8, 4) is 0 Å². The van der Waals surface area contributed by atoms with E-state index in [-0.39, 0.29) is 11.9 Å². The van der Waals surface area contributed by atoms with E-state index in [9.17, 15) is 9.59 Å². The lowest BCUT2D eigenvalue weighted by molar-refractivity contribution is 0.0600. The van der Waals surface area contributed by atoms with Crippen LogP contribution in [0.3, 0.4) is 0 Å². The maximum Gasteiger partial charge on any atom is 0.337 e. The van der Waals surface area contributed by atoms with E-state index in [0.29, 0.717) is 17.2 Å². The van der Waals surface area contributed by atoms with E-state index in [1.54, 1.807) is 24.3 Å². The number of likely N-dealkylation sites (tertiary alicyclic amines) is 1. The number of hydrogen-bond donors (Lipinski definition) is 1. The molecule has 0 unspecified atom stereocenters. The molecule has 2 atom stereocenters. The van der Waals surface area contributed by atoms with Crippen molar-refractivity contribution in [1.29, 1.82) is 0 Å². The number of nitrogens with zero attached hydrogens (tertiary/aromatic N) is 1. The van der Waals surface area contributed by atoms with Crippen molar-refractivity contribution in [2.24, 2.45) is 0 Å². The summed E-state index contributed by atoms with van der Waals surface area (Å²) in [5.41, 5.74) is 1.00. The highest BCUT2D eigenvalue weighted by atomic mass is 16.5. The molecule has 0 bridgehead atoms. The summed E-state index contributed by atoms with van der Waals surface area (Å²) in [7, 11) is 3.41. The topological polar surface area (TPSA) is 58.6 Å². The van der Waals surface area contributed by atoms with Gasteiger partial charge in [0.05, 0.1) is 12.7 Å². The lowest BCUT2D eigenvalue weighted by Gasteiger charge is -2.37. The van der Waals surface area contributed by atoms with Crippen molar-refractivity contribution in [1.82, 2.24) is 10.2 Å². The van der Waals surface area contributed by atoms with E-state index >= 15 is 0 Å². The second-order valence-electron chi connectivity index (χ2n) is 5.51. The van der Waals surface area contributed by atoms with E-state index in [2.05, 4.69) is 28.9 Å². The van der Waals surface area contributed by atoms with Crippen molar-refractivity contribution in [2.45, 2.75) is 31.8 Å². The summed E-state index contributed by atoms with van der Waals surface area (Å²) in [4.78, 5) is 25.9. The highest BCUT2D eigenvalue weighted by molar-refractivity contribution is 5.96. The minimum atomic E-state index is -0.399. The highest BCUT2D eigenvalue weighted by Crippen LogP contribution is 2.16. The third-order valence-corrected chi connectivity index (χ3v) is 4.19. The number of rotatable bonds is 3. The maximum atomic E-state index is 12.3. The number of ether oxygens (including phenoxy) is 1. The Balaban J connectivity index is 2.01. The summed E-state index contributed by atoms with van der Waals surface area (Å²) >= 11 is 0. The van der Waals surface area contributed by atoms with Gasteiger partial charge in [0.2, 0.25) is 0 Å². The molecular weight excluding hydrogens is 268 g/mol. The van der Waals surface area contributed by atoms with Crippen LogP contribution in [0.4, 0.5) is 0 Å². The van der Waals surface area contributed by atoms with Crippen LogP contribution in [-0.2, 0) is 4.74 Å². The molecular formula is C16H22N2O3. The first-order valence-corrected chi connectivity index (χ1v) is 7.22. The number of hydrogen-bond acceptors (Lipinski definition) is 4. The Bertz CT molecular complexity index is 513. The first-order valence-electron chi connectivity index (χ1n) is 7.22. The molecule has 0 aromatic heterocycles. The Kier molecular flexibility index (Phi) is 4.96. The summed E-state index contributed by atoms with van der Waals surface area (Å²) < 4.78 is 4.64. The van der Waals surface area contributed by atoms with E-state index in [4.69, 9.17) is 0 Å². The van der Waals surface area contributed by atoms with Crippen LogP contribution >= 0.6 is 0 Å². The third kappa shape index (κ3) is 3.61. The van der Waals surface area contributed by atoms with Gasteiger partial charge in [0.15, 0.2) is 0 Å². The monoisotopic (exact) mass is 290 g/mol. The van der Waals surface area contributed by atoms with Crippen LogP contribution in [0.5, 0.6) is 0 Å². The van der Waals surface area contributed by atoms with Gasteiger partial charge in [0.1, 0.15) is 0 Å². The molecule has 1 N–H and O–H groups in total. The second kappa shape index (κ2) is 6.72. The van der Waals surface area contributed by atoms with Crippen LogP contribution in [0.1, 0.15) is 40.5 Å². The molecule has 1 fully saturated rings. The van der Waals surface area contributed by atoms with Crippen LogP contribution in [0.15, 0.2) is 24.3 Å². The molecule has 0 saturated carbocycles. The minimum absolute atomic E-state index is 0.0986. The number of esters is 1. The molecule has 0 spiro atoms. The van der Waals surface area contributed by atoms with Gasteiger partial charge in [-0.3, -0.25) is 4.79 Å². The van der Waals surface area contributed by atoms with E-state index < -0.39 is 5.97 Å². The lowest BCUT2D eigenvalue weighted by Crippen LogP contribution is -2.52. The van der Waals surface area contributed by atoms with Crippen molar-refractivity contribution < 1.29 is 14.3 Å². The number of likely N-dealkylation sites (N-methyl/N-ethyl adjacent to an activating group) is 1. The summed E-state index contributed by atoms with van der Waals surface area (Å²) in [5.74, 6) is -0.497. The predicted molar refractivity (Wildman–Crippen MR) is 80.4 cm³/mol. The highest BCUT2D eigenvalue weighted by Gasteiger charge is 2.26. The van der Waals surface area contributed by atoms with Crippen LogP contribution in [0.2, 0.25) is 0 Å². The zero-order valence-electron chi connectivity index (χ0n) is 12.8. The summed E-state index contributed by atoms with van der Waals surface area (Å²) in [6, 6.07) is 7.01. The van der Waals surface area contributed by atoms with Crippen molar-refractivity contribution >= 4 is 11.9 Å². The maximum absolute atomic E-state index is 12.3. The zero-order chi connectivity index (χ0) is 15.4. The fraction of sp³-hybridized carbons (Fsp3) is 0.500. The van der Waals surface area contributed by atoms with E-state index in [1.165, 1.54) is 7.11 Å². The largest absolute Gasteiger partial charge is 0.465 e. The van der Waals surface area contributed by atoms with Gasteiger partial charge < -0.3 is 15.0 Å². The second-order valence-corrected chi connectivity index (χ2v) is 5.51. The smallest absolute Gasteiger partial charge is 0.337 e. The number of carbonyl (C=O) groups excluding carboxylic acids is 2. The van der Waals surface area contributed by atoms with Gasteiger partial charge in [-0.15, -0.1) is 0 Å². The van der Waals surface area contributed by atoms with Crippen molar-refractivity contribution in [3.05, 3.63) is 35.4 Å². The normalized spacial score (nSPS) is 22.6. The molecule has 5 nitrogen and oxygen atoms in total. The quantitative estimate of drug-likeness (QED) is 0.861. The molecule has 1 amide bonds. The minimum Gasteiger partial charge on any atom is -0.465 e. The summed E-state index contributed by atoms with van der Waals surface area (Å²) in [6.45, 7) is 3.20. The average Bonchev–Trinajstić information content (AvgIpc) is 2.51. The number of carbonyl (C=O) groups is 2. The van der Waals surface area contributed by atoms with Crippen LogP contribution in [0, 0.1) is 0 Å². The molecule has 1 aliphatic rings. The fourth-order valence-corrected chi connectivity index (χ4v) is 2.63. The van der Waals surface area contributed by atoms with Crippen LogP contribution < -0.4 is 5.32 Å². The number of amides is 1. The van der Waals surface area contributed by atoms with E-state index in [1.807, 2.05) is 0 Å². The summed E-state index contributed by atoms with van der Waals surface area (Å²) in [5, 5.41) is 3.08. The Labute approximate surface area is 125 Å². The zero-order valence-corrected chi connectivity index (χ0v) is 12.8. The number of benzene rings is 1. The fourth-order valence-electron chi connectivity index (χ4n) is 2.63. The average molecular weight is 290 g/mol. The van der Waals surface area contributed by atoms with Gasteiger partial charge in [-0.05, 0) is 57.6 Å². The molecule has 1 aliphatic heterocycles. The number of methoxy groups -OCH3 is 1. The van der Waals surface area contributed by atoms with Crippen LogP contribution in [0.25, 0.3) is 0 Å². The summed E-state index contributed by atoms with van der Waals surface area (Å²) in [6.07, 6.45) is 2.09. The van der Waals surface area contributed by atoms with Crippen LogP contribution in [-0.4, -0.2) is 49.6 Å². The van der Waals surface area contributed by atoms with Gasteiger partial charge in [0, 0.05) is 17.6 Å². The SMILES string of the molecule is COC(=O)c1ccc(C(=O)N[C@H]2CCCN(C)[C@H]2C)cc1. The molecule has 0 radical (unpaired) electrons. The van der Waals surface area contributed by atoms with Gasteiger partial charge in [0.25, 0.3) is 5.91 Å². The molecule has 114 valence electrons. The Hall–Kier alpha value is -1.88. The molecule has 0 aliphatic carbocycles. The Morgan fingerprint density at radius 1 is 1.24 bits per heavy atom. The van der Waals surface area contributed by atoms with E-state index in [0.717, 1.165) is 19.4 Å². The third-order valence-electron chi connectivity index (χ3n) is 4.19. The van der Waals surface area contributed by atoms with Gasteiger partial charge >= 0.3 is 5.97 Å². The van der Waals surface area contributed by atoms with Crippen molar-refractivity contribution in [2.75, 3.05) is 20.7 Å². The molecule has 5 heteroatoms. The lowest BCUT2D eigenvalue weighted by atomic mass is 9.97. The molecule has 1 saturated heterocycles. The molecule has 21 heavy (non-hydrogen) atoms. The molecule has 2 rings (SSSR count). The Morgan fingerprint density at radius 2 is 1.86 bits per heavy atom. The molecule has 1 aromatic carbocycles. The molecule has 1 heterocycles. The predicted octanol–water partition coefficient (Wildman–Crippen LogP) is 1.69. The van der Waals surface area contributed by atoms with Gasteiger partial charge in [-0.25, -0.2) is 4.79 Å². The first kappa shape index (κ1) is 15.5. The molecule has 1 aromatic rings. The van der Waals surface area contributed by atoms with Gasteiger partial charge in [-0.1, -0.05) is 0 Å². The Morgan fingerprint density at radius 3 is 2.48 bits per heavy atom. The first-order chi connectivity index (χ1) is 10.0. The number of nitrogens with one attached hydrogen (secondary N) is 1. The van der Waals surface area contributed by atoms with Crippen molar-refractivity contribution in [3.63, 3.8) is 0 Å². The number of piperidine rings is 1. The van der Waals surface area contributed by atoms with Gasteiger partial charge in [-0.2, -0.15) is 0 Å². The standard InChI is InChI=1S/C16H22N2O3/c1-11-14(5-4-10-18(11)2)17-15(19)12-6-8-13(9-7-12)16(20)21-3/h6-9,11,14H,4-5,10H2,1-3H3,(H,17,19)/t11-,14-/m0/s1.